The minimum absolute atomic E-state index is 0. The van der Waals surface area contributed by atoms with Gasteiger partial charge in [-0.25, -0.2) is 37.3 Å². The molecular formula is C12H28Cl2N4O8Zn. The standard InChI is InChI=1S/C12H28N4.2ClHO4.Zn/c1-11-3-5-13-8-10-16-12(2)4-6-14-7-9-15-11;2*2-1(3,4)5;/h11-16H,3-10H2,1-2H3;2*(H,2,3,4,5);/q;;;+2/p-2. The molecule has 2 atom stereocenters. The quantitative estimate of drug-likeness (QED) is 0.231. The Kier molecular flexibility index (Phi) is 22.5. The minimum atomic E-state index is -4.94. The molecule has 1 saturated heterocycles. The van der Waals surface area contributed by atoms with Crippen LogP contribution in [-0.2, 0) is 19.5 Å². The topological polar surface area (TPSA) is 233 Å². The van der Waals surface area contributed by atoms with E-state index in [1.165, 1.54) is 12.8 Å². The zero-order valence-corrected chi connectivity index (χ0v) is 20.0. The van der Waals surface area contributed by atoms with E-state index in [1.807, 2.05) is 0 Å². The van der Waals surface area contributed by atoms with Gasteiger partial charge in [0.05, 0.1) is 0 Å². The van der Waals surface area contributed by atoms with Crippen molar-refractivity contribution in [1.82, 2.24) is 21.3 Å². The molecule has 2 unspecified atom stereocenters. The van der Waals surface area contributed by atoms with Gasteiger partial charge in [-0.1, -0.05) is 0 Å². The fourth-order valence-corrected chi connectivity index (χ4v) is 1.91. The smallest absolute Gasteiger partial charge is 0.315 e. The molecule has 0 bridgehead atoms. The van der Waals surface area contributed by atoms with Gasteiger partial charge in [0.15, 0.2) is 0 Å². The summed E-state index contributed by atoms with van der Waals surface area (Å²) in [7, 11) is -9.89. The van der Waals surface area contributed by atoms with Gasteiger partial charge < -0.3 is 21.3 Å². The predicted octanol–water partition coefficient (Wildman–Crippen LogP) is -9.60. The van der Waals surface area contributed by atoms with Crippen LogP contribution in [-0.4, -0.2) is 51.4 Å². The summed E-state index contributed by atoms with van der Waals surface area (Å²) in [5, 5.41) is 14.0. The van der Waals surface area contributed by atoms with Crippen molar-refractivity contribution in [2.45, 2.75) is 38.8 Å². The van der Waals surface area contributed by atoms with Gasteiger partial charge in [-0.2, -0.15) is 0 Å². The number of hydrogen-bond donors (Lipinski definition) is 4. The van der Waals surface area contributed by atoms with Crippen LogP contribution in [0, 0.1) is 20.5 Å². The monoisotopic (exact) mass is 490 g/mol. The Morgan fingerprint density at radius 3 is 1.07 bits per heavy atom. The van der Waals surface area contributed by atoms with E-state index in [4.69, 9.17) is 37.3 Å². The van der Waals surface area contributed by atoms with Crippen molar-refractivity contribution >= 4 is 0 Å². The molecule has 160 valence electrons. The molecule has 1 aliphatic heterocycles. The summed E-state index contributed by atoms with van der Waals surface area (Å²) in [6.45, 7) is 11.0. The van der Waals surface area contributed by atoms with E-state index in [0.717, 1.165) is 39.3 Å². The van der Waals surface area contributed by atoms with Crippen molar-refractivity contribution < 1.29 is 77.2 Å². The normalized spacial score (nSPS) is 23.3. The fourth-order valence-electron chi connectivity index (χ4n) is 1.91. The van der Waals surface area contributed by atoms with Crippen molar-refractivity contribution in [3.63, 3.8) is 0 Å². The van der Waals surface area contributed by atoms with E-state index in [2.05, 4.69) is 35.1 Å². The predicted molar refractivity (Wildman–Crippen MR) is 69.9 cm³/mol. The average Bonchev–Trinajstić information content (AvgIpc) is 2.42. The summed E-state index contributed by atoms with van der Waals surface area (Å²) in [5.41, 5.74) is 0. The molecule has 27 heavy (non-hydrogen) atoms. The summed E-state index contributed by atoms with van der Waals surface area (Å²) < 4.78 is 67.9. The summed E-state index contributed by atoms with van der Waals surface area (Å²) >= 11 is 0. The SMILES string of the molecule is CC1CCNCCNC(C)CCNCCN1.[O-][Cl+3]([O-])([O-])[O-].[O-][Cl+3]([O-])([O-])[O-].[Zn+2]. The molecule has 1 rings (SSSR count). The molecule has 0 spiro atoms. The second-order valence-electron chi connectivity index (χ2n) is 5.54. The molecule has 15 heteroatoms. The second kappa shape index (κ2) is 18.7. The molecule has 1 heterocycles. The van der Waals surface area contributed by atoms with Gasteiger partial charge in [0.2, 0.25) is 0 Å². The number of hydrogen-bond acceptors (Lipinski definition) is 12. The molecule has 1 aliphatic rings. The van der Waals surface area contributed by atoms with E-state index in [9.17, 15) is 0 Å². The Morgan fingerprint density at radius 1 is 0.556 bits per heavy atom. The summed E-state index contributed by atoms with van der Waals surface area (Å²) in [5.74, 6) is 0. The molecule has 0 amide bonds. The molecule has 12 nitrogen and oxygen atoms in total. The summed E-state index contributed by atoms with van der Waals surface area (Å²) in [4.78, 5) is 0. The molecule has 0 saturated carbocycles. The molecular weight excluding hydrogens is 464 g/mol. The van der Waals surface area contributed by atoms with E-state index in [1.54, 1.807) is 0 Å². The van der Waals surface area contributed by atoms with Crippen LogP contribution in [0.25, 0.3) is 0 Å². The Bertz CT molecular complexity index is 269. The fraction of sp³-hybridized carbons (Fsp3) is 1.00. The van der Waals surface area contributed by atoms with Crippen molar-refractivity contribution in [2.24, 2.45) is 0 Å². The van der Waals surface area contributed by atoms with Gasteiger partial charge in [-0.05, 0) is 39.8 Å². The van der Waals surface area contributed by atoms with Gasteiger partial charge in [-0.15, -0.1) is 20.5 Å². The van der Waals surface area contributed by atoms with Gasteiger partial charge in [0.1, 0.15) is 0 Å². The van der Waals surface area contributed by atoms with E-state index < -0.39 is 20.5 Å². The largest absolute Gasteiger partial charge is 2.00 e. The third kappa shape index (κ3) is 46.6. The Balaban J connectivity index is -0.000000436. The zero-order chi connectivity index (χ0) is 20.6. The van der Waals surface area contributed by atoms with Crippen LogP contribution in [0.3, 0.4) is 0 Å². The summed E-state index contributed by atoms with van der Waals surface area (Å²) in [6, 6.07) is 1.23. The van der Waals surface area contributed by atoms with Crippen LogP contribution < -0.4 is 58.5 Å². The van der Waals surface area contributed by atoms with Crippen LogP contribution in [0.4, 0.5) is 0 Å². The second-order valence-corrected chi connectivity index (χ2v) is 7.06. The van der Waals surface area contributed by atoms with Crippen LogP contribution in [0.5, 0.6) is 0 Å². The van der Waals surface area contributed by atoms with Crippen molar-refractivity contribution in [3.8, 4) is 0 Å². The number of halogens is 2. The first-order valence-electron chi connectivity index (χ1n) is 7.90. The van der Waals surface area contributed by atoms with E-state index in [-0.39, 0.29) is 19.5 Å². The van der Waals surface area contributed by atoms with Gasteiger partial charge in [-0.3, -0.25) is 0 Å². The maximum Gasteiger partial charge on any atom is 2.00 e. The van der Waals surface area contributed by atoms with Crippen LogP contribution >= 0.6 is 0 Å². The van der Waals surface area contributed by atoms with E-state index >= 15 is 0 Å². The number of rotatable bonds is 0. The average molecular weight is 493 g/mol. The Hall–Kier alpha value is 0.723. The molecule has 0 aliphatic carbocycles. The minimum Gasteiger partial charge on any atom is -0.315 e. The third-order valence-corrected chi connectivity index (χ3v) is 3.10. The maximum absolute atomic E-state index is 8.49. The third-order valence-electron chi connectivity index (χ3n) is 3.10. The molecule has 4 N–H and O–H groups in total. The maximum atomic E-state index is 8.49. The number of nitrogens with one attached hydrogen (secondary N) is 4. The van der Waals surface area contributed by atoms with Crippen LogP contribution in [0.1, 0.15) is 26.7 Å². The Morgan fingerprint density at radius 2 is 0.815 bits per heavy atom. The molecule has 0 radical (unpaired) electrons. The zero-order valence-electron chi connectivity index (χ0n) is 15.5. The van der Waals surface area contributed by atoms with Crippen LogP contribution in [0.2, 0.25) is 0 Å². The van der Waals surface area contributed by atoms with Crippen molar-refractivity contribution in [1.29, 1.82) is 0 Å². The molecule has 1 fully saturated rings. The van der Waals surface area contributed by atoms with E-state index in [0.29, 0.717) is 12.1 Å². The molecule has 0 aromatic rings. The summed E-state index contributed by atoms with van der Waals surface area (Å²) in [6.07, 6.45) is 2.41. The first kappa shape index (κ1) is 32.4. The first-order valence-corrected chi connectivity index (χ1v) is 10.4. The first-order chi connectivity index (χ1) is 11.8. The van der Waals surface area contributed by atoms with Gasteiger partial charge >= 0.3 is 19.5 Å². The van der Waals surface area contributed by atoms with Gasteiger partial charge in [0.25, 0.3) is 0 Å². The van der Waals surface area contributed by atoms with Gasteiger partial charge in [0, 0.05) is 38.3 Å². The van der Waals surface area contributed by atoms with Crippen LogP contribution in [0.15, 0.2) is 0 Å². The molecule has 0 aromatic heterocycles. The Labute approximate surface area is 176 Å². The van der Waals surface area contributed by atoms with Crippen molar-refractivity contribution in [2.75, 3.05) is 39.3 Å². The van der Waals surface area contributed by atoms with Crippen molar-refractivity contribution in [3.05, 3.63) is 0 Å². The molecule has 0 aromatic carbocycles.